The van der Waals surface area contributed by atoms with Gasteiger partial charge in [-0.3, -0.25) is 4.79 Å². The molecule has 0 aliphatic carbocycles. The average molecular weight is 271 g/mol. The van der Waals surface area contributed by atoms with Crippen molar-refractivity contribution in [2.24, 2.45) is 17.8 Å². The second-order valence-corrected chi connectivity index (χ2v) is 6.45. The molecule has 2 nitrogen and oxygen atoms in total. The van der Waals surface area contributed by atoms with Gasteiger partial charge in [-0.05, 0) is 30.4 Å². The molecule has 0 aliphatic rings. The third-order valence-corrected chi connectivity index (χ3v) is 3.87. The molecular formula is C18H25NO. The van der Waals surface area contributed by atoms with Gasteiger partial charge in [-0.2, -0.15) is 0 Å². The van der Waals surface area contributed by atoms with Crippen molar-refractivity contribution < 1.29 is 4.79 Å². The summed E-state index contributed by atoms with van der Waals surface area (Å²) in [7, 11) is 0. The van der Waals surface area contributed by atoms with Crippen LogP contribution in [-0.2, 0) is 11.2 Å². The van der Waals surface area contributed by atoms with Crippen LogP contribution < -0.4 is 0 Å². The first-order valence-electron chi connectivity index (χ1n) is 7.57. The highest BCUT2D eigenvalue weighted by Crippen LogP contribution is 2.26. The monoisotopic (exact) mass is 271 g/mol. The van der Waals surface area contributed by atoms with Crippen molar-refractivity contribution in [3.63, 3.8) is 0 Å². The second-order valence-electron chi connectivity index (χ2n) is 6.45. The molecule has 20 heavy (non-hydrogen) atoms. The van der Waals surface area contributed by atoms with Gasteiger partial charge in [-0.1, -0.05) is 45.9 Å². The molecule has 1 aromatic heterocycles. The number of para-hydroxylation sites is 1. The minimum atomic E-state index is 0.115. The van der Waals surface area contributed by atoms with Crippen LogP contribution in [0.15, 0.2) is 30.5 Å². The number of hydrogen-bond donors (Lipinski definition) is 1. The van der Waals surface area contributed by atoms with E-state index in [-0.39, 0.29) is 11.8 Å². The fourth-order valence-electron chi connectivity index (χ4n) is 2.91. The molecule has 0 saturated heterocycles. The molecule has 1 heterocycles. The molecule has 1 atom stereocenters. The smallest absolute Gasteiger partial charge is 0.138 e. The van der Waals surface area contributed by atoms with Crippen molar-refractivity contribution in [3.8, 4) is 0 Å². The summed E-state index contributed by atoms with van der Waals surface area (Å²) >= 11 is 0. The van der Waals surface area contributed by atoms with Gasteiger partial charge in [0.25, 0.3) is 0 Å². The van der Waals surface area contributed by atoms with E-state index in [1.165, 1.54) is 10.9 Å². The molecule has 0 spiro atoms. The lowest BCUT2D eigenvalue weighted by atomic mass is 9.84. The quantitative estimate of drug-likeness (QED) is 0.818. The number of aromatic amines is 1. The number of benzene rings is 1. The summed E-state index contributed by atoms with van der Waals surface area (Å²) in [5.41, 5.74) is 2.42. The van der Waals surface area contributed by atoms with Gasteiger partial charge in [-0.25, -0.2) is 0 Å². The zero-order valence-corrected chi connectivity index (χ0v) is 12.9. The van der Waals surface area contributed by atoms with Crippen LogP contribution in [0.4, 0.5) is 0 Å². The van der Waals surface area contributed by atoms with Gasteiger partial charge in [0, 0.05) is 28.9 Å². The number of hydrogen-bond acceptors (Lipinski definition) is 1. The Morgan fingerprint density at radius 1 is 1.15 bits per heavy atom. The standard InChI is InChI=1S/C18H25NO/c1-12(2)9-14(18(20)13(3)4)10-15-11-19-17-8-6-5-7-16(15)17/h5-8,11-14,19H,9-10H2,1-4H3/t14-/m0/s1. The summed E-state index contributed by atoms with van der Waals surface area (Å²) in [4.78, 5) is 15.7. The second kappa shape index (κ2) is 6.25. The number of Topliss-reactive ketones (excluding diaryl/α,β-unsaturated/α-hetero) is 1. The van der Waals surface area contributed by atoms with E-state index in [0.717, 1.165) is 18.4 Å². The fourth-order valence-corrected chi connectivity index (χ4v) is 2.91. The van der Waals surface area contributed by atoms with E-state index in [0.29, 0.717) is 11.7 Å². The Kier molecular flexibility index (Phi) is 4.64. The first kappa shape index (κ1) is 14.8. The summed E-state index contributed by atoms with van der Waals surface area (Å²) in [5.74, 6) is 1.19. The minimum Gasteiger partial charge on any atom is -0.361 e. The Morgan fingerprint density at radius 2 is 1.85 bits per heavy atom. The van der Waals surface area contributed by atoms with Gasteiger partial charge in [0.15, 0.2) is 0 Å². The molecule has 2 heteroatoms. The van der Waals surface area contributed by atoms with E-state index in [1.807, 2.05) is 19.9 Å². The minimum absolute atomic E-state index is 0.115. The molecule has 1 aromatic carbocycles. The maximum atomic E-state index is 12.4. The number of fused-ring (bicyclic) bond motifs is 1. The normalized spacial score (nSPS) is 13.3. The molecule has 0 aliphatic heterocycles. The highest BCUT2D eigenvalue weighted by Gasteiger charge is 2.23. The van der Waals surface area contributed by atoms with Crippen LogP contribution in [0, 0.1) is 17.8 Å². The van der Waals surface area contributed by atoms with Crippen LogP contribution >= 0.6 is 0 Å². The predicted octanol–water partition coefficient (Wildman–Crippen LogP) is 4.60. The van der Waals surface area contributed by atoms with E-state index in [4.69, 9.17) is 0 Å². The summed E-state index contributed by atoms with van der Waals surface area (Å²) in [6.45, 7) is 8.39. The van der Waals surface area contributed by atoms with Crippen molar-refractivity contribution >= 4 is 16.7 Å². The average Bonchev–Trinajstić information content (AvgIpc) is 2.80. The third-order valence-electron chi connectivity index (χ3n) is 3.87. The number of carbonyl (C=O) groups is 1. The molecule has 0 amide bonds. The van der Waals surface area contributed by atoms with Crippen LogP contribution in [0.5, 0.6) is 0 Å². The fraction of sp³-hybridized carbons (Fsp3) is 0.500. The van der Waals surface area contributed by atoms with E-state index in [1.54, 1.807) is 0 Å². The molecular weight excluding hydrogens is 246 g/mol. The molecule has 2 aromatic rings. The topological polar surface area (TPSA) is 32.9 Å². The van der Waals surface area contributed by atoms with E-state index < -0.39 is 0 Å². The number of H-pyrrole nitrogens is 1. The largest absolute Gasteiger partial charge is 0.361 e. The number of nitrogens with one attached hydrogen (secondary N) is 1. The Hall–Kier alpha value is -1.57. The van der Waals surface area contributed by atoms with Gasteiger partial charge >= 0.3 is 0 Å². The molecule has 108 valence electrons. The van der Waals surface area contributed by atoms with Crippen molar-refractivity contribution in [3.05, 3.63) is 36.0 Å². The van der Waals surface area contributed by atoms with E-state index in [2.05, 4.69) is 43.2 Å². The van der Waals surface area contributed by atoms with Crippen LogP contribution in [0.3, 0.4) is 0 Å². The summed E-state index contributed by atoms with van der Waals surface area (Å²) in [5, 5.41) is 1.25. The lowest BCUT2D eigenvalue weighted by molar-refractivity contribution is -0.126. The van der Waals surface area contributed by atoms with Gasteiger partial charge in [0.2, 0.25) is 0 Å². The highest BCUT2D eigenvalue weighted by atomic mass is 16.1. The van der Waals surface area contributed by atoms with Crippen molar-refractivity contribution in [1.29, 1.82) is 0 Å². The maximum Gasteiger partial charge on any atom is 0.138 e. The Balaban J connectivity index is 2.25. The first-order valence-corrected chi connectivity index (χ1v) is 7.57. The number of ketones is 1. The molecule has 0 unspecified atom stereocenters. The maximum absolute atomic E-state index is 12.4. The molecule has 2 rings (SSSR count). The summed E-state index contributed by atoms with van der Waals surface area (Å²) in [6.07, 6.45) is 3.88. The van der Waals surface area contributed by atoms with Crippen LogP contribution in [0.1, 0.15) is 39.7 Å². The molecule has 0 fully saturated rings. The lowest BCUT2D eigenvalue weighted by Gasteiger charge is -2.19. The zero-order chi connectivity index (χ0) is 14.7. The SMILES string of the molecule is CC(C)C[C@@H](Cc1c[nH]c2ccccc12)C(=O)C(C)C. The number of rotatable bonds is 6. The molecule has 0 bridgehead atoms. The Labute approximate surface area is 121 Å². The molecule has 0 saturated carbocycles. The Morgan fingerprint density at radius 3 is 2.50 bits per heavy atom. The highest BCUT2D eigenvalue weighted by molar-refractivity contribution is 5.86. The van der Waals surface area contributed by atoms with Crippen molar-refractivity contribution in [2.45, 2.75) is 40.5 Å². The first-order chi connectivity index (χ1) is 9.49. The van der Waals surface area contributed by atoms with Crippen LogP contribution in [-0.4, -0.2) is 10.8 Å². The van der Waals surface area contributed by atoms with Crippen LogP contribution in [0.2, 0.25) is 0 Å². The van der Waals surface area contributed by atoms with Gasteiger partial charge in [0.05, 0.1) is 0 Å². The van der Waals surface area contributed by atoms with Gasteiger partial charge in [-0.15, -0.1) is 0 Å². The number of aromatic nitrogens is 1. The van der Waals surface area contributed by atoms with Gasteiger partial charge < -0.3 is 4.98 Å². The van der Waals surface area contributed by atoms with E-state index >= 15 is 0 Å². The van der Waals surface area contributed by atoms with Crippen LogP contribution in [0.25, 0.3) is 10.9 Å². The lowest BCUT2D eigenvalue weighted by Crippen LogP contribution is -2.23. The summed E-state index contributed by atoms with van der Waals surface area (Å²) in [6, 6.07) is 8.31. The zero-order valence-electron chi connectivity index (χ0n) is 12.9. The Bertz CT molecular complexity index is 580. The molecule has 1 N–H and O–H groups in total. The summed E-state index contributed by atoms with van der Waals surface area (Å²) < 4.78 is 0. The van der Waals surface area contributed by atoms with E-state index in [9.17, 15) is 4.79 Å². The third kappa shape index (κ3) is 3.30. The van der Waals surface area contributed by atoms with Crippen molar-refractivity contribution in [2.75, 3.05) is 0 Å². The predicted molar refractivity (Wildman–Crippen MR) is 84.8 cm³/mol. The molecule has 0 radical (unpaired) electrons. The number of carbonyl (C=O) groups excluding carboxylic acids is 1. The van der Waals surface area contributed by atoms with Gasteiger partial charge in [0.1, 0.15) is 5.78 Å². The van der Waals surface area contributed by atoms with Crippen molar-refractivity contribution in [1.82, 2.24) is 4.98 Å².